The van der Waals surface area contributed by atoms with Gasteiger partial charge in [-0.05, 0) is 47.2 Å². The lowest BCUT2D eigenvalue weighted by atomic mass is 9.87. The van der Waals surface area contributed by atoms with Gasteiger partial charge in [0.1, 0.15) is 5.75 Å². The maximum atomic E-state index is 13.2. The van der Waals surface area contributed by atoms with Gasteiger partial charge in [0, 0.05) is 30.6 Å². The van der Waals surface area contributed by atoms with E-state index in [0.717, 1.165) is 25.1 Å². The molecule has 3 aromatic rings. The number of tetrazole rings is 1. The fourth-order valence-electron chi connectivity index (χ4n) is 3.97. The molecule has 2 unspecified atom stereocenters. The zero-order valence-corrected chi connectivity index (χ0v) is 18.2. The van der Waals surface area contributed by atoms with Gasteiger partial charge in [-0.1, -0.05) is 30.3 Å². The van der Waals surface area contributed by atoms with E-state index in [2.05, 4.69) is 38.3 Å². The Morgan fingerprint density at radius 3 is 2.69 bits per heavy atom. The first-order chi connectivity index (χ1) is 15.0. The molecule has 1 aromatic heterocycles. The Hall–Kier alpha value is -2.69. The van der Waals surface area contributed by atoms with Gasteiger partial charge in [-0.25, -0.2) is 0 Å². The van der Waals surface area contributed by atoms with Gasteiger partial charge in [0.05, 0.1) is 12.8 Å². The fraction of sp³-hybridized carbons (Fsp3) is 0.381. The van der Waals surface area contributed by atoms with Gasteiger partial charge >= 0.3 is 6.18 Å². The van der Waals surface area contributed by atoms with Crippen LogP contribution in [0.25, 0.3) is 5.69 Å². The second-order valence-electron chi connectivity index (χ2n) is 7.41. The standard InChI is InChI=1S/C21H23F3N6O.ClH/c1-31-19-8-7-16(30-20(21(22,23)24)27-28-29-30)11-15(19)12-26-18-9-10-25-13-17(18)14-5-3-2-4-6-14;/h2-8,11,17-18,25-26H,9-10,12-13H2,1H3;1H. The second-order valence-corrected chi connectivity index (χ2v) is 7.41. The van der Waals surface area contributed by atoms with Crippen LogP contribution in [0.4, 0.5) is 13.2 Å². The largest absolute Gasteiger partial charge is 0.496 e. The van der Waals surface area contributed by atoms with Crippen molar-refractivity contribution in [3.63, 3.8) is 0 Å². The summed E-state index contributed by atoms with van der Waals surface area (Å²) in [5.74, 6) is -0.289. The molecular formula is C21H24ClF3N6O. The third-order valence-corrected chi connectivity index (χ3v) is 5.50. The average Bonchev–Trinajstić information content (AvgIpc) is 3.29. The molecule has 11 heteroatoms. The summed E-state index contributed by atoms with van der Waals surface area (Å²) in [7, 11) is 1.54. The molecule has 1 aliphatic rings. The first-order valence-corrected chi connectivity index (χ1v) is 9.99. The third kappa shape index (κ3) is 5.20. The van der Waals surface area contributed by atoms with Gasteiger partial charge in [-0.2, -0.15) is 17.9 Å². The van der Waals surface area contributed by atoms with Crippen molar-refractivity contribution in [1.82, 2.24) is 30.8 Å². The maximum Gasteiger partial charge on any atom is 0.453 e. The number of hydrogen-bond donors (Lipinski definition) is 2. The maximum absolute atomic E-state index is 13.2. The molecule has 2 heterocycles. The van der Waals surface area contributed by atoms with Crippen LogP contribution in [0.2, 0.25) is 0 Å². The molecule has 0 amide bonds. The molecule has 2 N–H and O–H groups in total. The summed E-state index contributed by atoms with van der Waals surface area (Å²) < 4.78 is 45.7. The van der Waals surface area contributed by atoms with Crippen molar-refractivity contribution < 1.29 is 17.9 Å². The van der Waals surface area contributed by atoms with E-state index < -0.39 is 12.0 Å². The zero-order valence-electron chi connectivity index (χ0n) is 17.3. The van der Waals surface area contributed by atoms with E-state index in [0.29, 0.717) is 22.9 Å². The number of benzene rings is 2. The number of aromatic nitrogens is 4. The molecule has 0 bridgehead atoms. The van der Waals surface area contributed by atoms with Crippen molar-refractivity contribution in [3.8, 4) is 11.4 Å². The lowest BCUT2D eigenvalue weighted by Gasteiger charge is -2.33. The first kappa shape index (κ1) is 24.0. The molecule has 172 valence electrons. The highest BCUT2D eigenvalue weighted by Crippen LogP contribution is 2.30. The summed E-state index contributed by atoms with van der Waals surface area (Å²) in [6.45, 7) is 2.20. The Morgan fingerprint density at radius 1 is 1.19 bits per heavy atom. The smallest absolute Gasteiger partial charge is 0.453 e. The van der Waals surface area contributed by atoms with Crippen molar-refractivity contribution >= 4 is 12.4 Å². The van der Waals surface area contributed by atoms with E-state index in [1.54, 1.807) is 12.1 Å². The molecule has 32 heavy (non-hydrogen) atoms. The summed E-state index contributed by atoms with van der Waals surface area (Å²) in [5.41, 5.74) is 2.20. The van der Waals surface area contributed by atoms with E-state index in [1.165, 1.54) is 18.7 Å². The Bertz CT molecular complexity index is 1010. The number of nitrogens with one attached hydrogen (secondary N) is 2. The number of alkyl halides is 3. The predicted octanol–water partition coefficient (Wildman–Crippen LogP) is 3.35. The lowest BCUT2D eigenvalue weighted by Crippen LogP contribution is -2.45. The number of methoxy groups -OCH3 is 1. The van der Waals surface area contributed by atoms with Gasteiger partial charge in [-0.3, -0.25) is 0 Å². The van der Waals surface area contributed by atoms with Crippen molar-refractivity contribution in [3.05, 3.63) is 65.5 Å². The number of halogens is 4. The van der Waals surface area contributed by atoms with E-state index in [9.17, 15) is 13.2 Å². The van der Waals surface area contributed by atoms with E-state index in [4.69, 9.17) is 4.74 Å². The molecule has 2 aromatic carbocycles. The van der Waals surface area contributed by atoms with Crippen molar-refractivity contribution in [2.45, 2.75) is 31.1 Å². The minimum Gasteiger partial charge on any atom is -0.496 e. The van der Waals surface area contributed by atoms with Crippen LogP contribution in [-0.2, 0) is 12.7 Å². The van der Waals surface area contributed by atoms with Gasteiger partial charge in [0.25, 0.3) is 5.82 Å². The van der Waals surface area contributed by atoms with Crippen molar-refractivity contribution in [1.29, 1.82) is 0 Å². The number of rotatable bonds is 6. The van der Waals surface area contributed by atoms with Gasteiger partial charge < -0.3 is 15.4 Å². The molecule has 2 atom stereocenters. The zero-order chi connectivity index (χ0) is 21.8. The SMILES string of the molecule is COc1ccc(-n2nnnc2C(F)(F)F)cc1CNC1CCNCC1c1ccccc1.Cl. The van der Waals surface area contributed by atoms with E-state index >= 15 is 0 Å². The summed E-state index contributed by atoms with van der Waals surface area (Å²) in [6, 6.07) is 15.2. The first-order valence-electron chi connectivity index (χ1n) is 9.99. The Morgan fingerprint density at radius 2 is 1.97 bits per heavy atom. The Balaban J connectivity index is 0.00000289. The van der Waals surface area contributed by atoms with Crippen LogP contribution in [0.5, 0.6) is 5.75 Å². The van der Waals surface area contributed by atoms with Crippen LogP contribution in [0.1, 0.15) is 29.3 Å². The van der Waals surface area contributed by atoms with Crippen LogP contribution >= 0.6 is 12.4 Å². The molecule has 1 saturated heterocycles. The topological polar surface area (TPSA) is 76.9 Å². The molecule has 0 saturated carbocycles. The predicted molar refractivity (Wildman–Crippen MR) is 115 cm³/mol. The summed E-state index contributed by atoms with van der Waals surface area (Å²) in [4.78, 5) is 0. The fourth-order valence-corrected chi connectivity index (χ4v) is 3.97. The number of hydrogen-bond acceptors (Lipinski definition) is 6. The van der Waals surface area contributed by atoms with Crippen LogP contribution in [0.3, 0.4) is 0 Å². The van der Waals surface area contributed by atoms with Crippen molar-refractivity contribution in [2.75, 3.05) is 20.2 Å². The van der Waals surface area contributed by atoms with Gasteiger partial charge in [-0.15, -0.1) is 17.5 Å². The highest BCUT2D eigenvalue weighted by Gasteiger charge is 2.38. The van der Waals surface area contributed by atoms with Gasteiger partial charge in [0.15, 0.2) is 0 Å². The molecule has 1 aliphatic heterocycles. The molecular weight excluding hydrogens is 445 g/mol. The summed E-state index contributed by atoms with van der Waals surface area (Å²) >= 11 is 0. The Kier molecular flexibility index (Phi) is 7.70. The molecule has 0 spiro atoms. The highest BCUT2D eigenvalue weighted by molar-refractivity contribution is 5.85. The van der Waals surface area contributed by atoms with Crippen LogP contribution in [0.15, 0.2) is 48.5 Å². The number of piperidine rings is 1. The minimum absolute atomic E-state index is 0. The quantitative estimate of drug-likeness (QED) is 0.578. The van der Waals surface area contributed by atoms with Crippen LogP contribution < -0.4 is 15.4 Å². The lowest BCUT2D eigenvalue weighted by molar-refractivity contribution is -0.146. The second kappa shape index (κ2) is 10.3. The normalized spacial score (nSPS) is 18.8. The number of nitrogens with zero attached hydrogens (tertiary/aromatic N) is 4. The molecule has 0 radical (unpaired) electrons. The van der Waals surface area contributed by atoms with E-state index in [1.807, 2.05) is 18.2 Å². The monoisotopic (exact) mass is 468 g/mol. The average molecular weight is 469 g/mol. The molecule has 0 aliphatic carbocycles. The van der Waals surface area contributed by atoms with Crippen molar-refractivity contribution in [2.24, 2.45) is 0 Å². The van der Waals surface area contributed by atoms with E-state index in [-0.39, 0.29) is 24.1 Å². The van der Waals surface area contributed by atoms with Gasteiger partial charge in [0.2, 0.25) is 0 Å². The third-order valence-electron chi connectivity index (χ3n) is 5.50. The highest BCUT2D eigenvalue weighted by atomic mass is 35.5. The summed E-state index contributed by atoms with van der Waals surface area (Å²) in [5, 5.41) is 16.8. The summed E-state index contributed by atoms with van der Waals surface area (Å²) in [6.07, 6.45) is -3.72. The Labute approximate surface area is 189 Å². The minimum atomic E-state index is -4.65. The molecule has 4 rings (SSSR count). The van der Waals surface area contributed by atoms with Crippen LogP contribution in [0, 0.1) is 0 Å². The number of ether oxygens (including phenoxy) is 1. The van der Waals surface area contributed by atoms with Crippen LogP contribution in [-0.4, -0.2) is 46.4 Å². The molecule has 1 fully saturated rings. The molecule has 7 nitrogen and oxygen atoms in total.